The molecule has 10 atom stereocenters. The van der Waals surface area contributed by atoms with Gasteiger partial charge in [0.25, 0.3) is 0 Å². The fourth-order valence-electron chi connectivity index (χ4n) is 9.33. The number of aldehydes is 1. The minimum Gasteiger partial charge on any atom is -0.391 e. The second-order valence-corrected chi connectivity index (χ2v) is 12.3. The van der Waals surface area contributed by atoms with Crippen LogP contribution in [0.2, 0.25) is 0 Å². The van der Waals surface area contributed by atoms with Crippen LogP contribution < -0.4 is 0 Å². The molecule has 0 aromatic rings. The second kappa shape index (κ2) is 6.89. The summed E-state index contributed by atoms with van der Waals surface area (Å²) in [4.78, 5) is 23.2. The first-order chi connectivity index (χ1) is 15.6. The zero-order chi connectivity index (χ0) is 23.4. The Morgan fingerprint density at radius 3 is 2.61 bits per heavy atom. The molecule has 0 amide bonds. The first-order valence-corrected chi connectivity index (χ1v) is 12.5. The van der Waals surface area contributed by atoms with Gasteiger partial charge in [-0.05, 0) is 55.9 Å². The number of hydrogen-bond donors (Lipinski definition) is 1. The third-order valence-electron chi connectivity index (χ3n) is 10.7. The molecule has 1 N–H and O–H groups in total. The van der Waals surface area contributed by atoms with Crippen molar-refractivity contribution in [3.05, 3.63) is 11.6 Å². The lowest BCUT2D eigenvalue weighted by molar-refractivity contribution is -0.265. The molecule has 6 rings (SSSR count). The van der Waals surface area contributed by atoms with Crippen LogP contribution in [0.15, 0.2) is 11.6 Å². The molecule has 33 heavy (non-hydrogen) atoms. The average molecular weight is 481 g/mol. The Morgan fingerprint density at radius 2 is 1.91 bits per heavy atom. The third kappa shape index (κ3) is 2.35. The fraction of sp³-hybridized carbons (Fsp3) is 0.840. The Kier molecular flexibility index (Phi) is 4.72. The summed E-state index contributed by atoms with van der Waals surface area (Å²) >= 11 is 7.59. The molecule has 4 aliphatic carbocycles. The van der Waals surface area contributed by atoms with E-state index in [2.05, 4.69) is 13.8 Å². The molecule has 0 bridgehead atoms. The third-order valence-corrected chi connectivity index (χ3v) is 11.6. The van der Waals surface area contributed by atoms with Crippen LogP contribution in [-0.4, -0.2) is 59.7 Å². The molecule has 0 aromatic carbocycles. The topological polar surface area (TPSA) is 91.3 Å². The van der Waals surface area contributed by atoms with E-state index in [0.717, 1.165) is 31.1 Å². The van der Waals surface area contributed by atoms with E-state index in [9.17, 15) is 14.7 Å². The Labute approximate surface area is 199 Å². The summed E-state index contributed by atoms with van der Waals surface area (Å²) in [5, 5.41) is 11.9. The normalized spacial score (nSPS) is 57.7. The first-order valence-electron chi connectivity index (χ1n) is 12.2. The lowest BCUT2D eigenvalue weighted by Crippen LogP contribution is -2.71. The highest BCUT2D eigenvalue weighted by Gasteiger charge is 2.81. The number of aliphatic hydroxyl groups is 1. The van der Waals surface area contributed by atoms with Gasteiger partial charge in [-0.3, -0.25) is 4.79 Å². The van der Waals surface area contributed by atoms with E-state index < -0.39 is 39.1 Å². The highest BCUT2D eigenvalue weighted by Crippen LogP contribution is 2.75. The first kappa shape index (κ1) is 22.6. The molecule has 0 radical (unpaired) electrons. The SMILES string of the molecule is C[C@@H]1C[C@H]2[C@@H]3CCC4=CC(=O)C(C=O)C[C@]4(C)[C@@]3(Cl)[C@@H](O)C[C@]2(C)[C@]12OCOC21COCO1. The molecular weight excluding hydrogens is 448 g/mol. The molecule has 7 nitrogen and oxygen atoms in total. The molecule has 2 saturated heterocycles. The molecule has 5 fully saturated rings. The maximum atomic E-state index is 12.5. The van der Waals surface area contributed by atoms with Crippen molar-refractivity contribution in [1.29, 1.82) is 0 Å². The molecule has 8 heteroatoms. The highest BCUT2D eigenvalue weighted by atomic mass is 35.5. The van der Waals surface area contributed by atoms with Crippen LogP contribution in [0.4, 0.5) is 0 Å². The lowest BCUT2D eigenvalue weighted by Gasteiger charge is -2.65. The van der Waals surface area contributed by atoms with Crippen LogP contribution >= 0.6 is 11.6 Å². The number of carbonyl (C=O) groups excluding carboxylic acids is 2. The largest absolute Gasteiger partial charge is 0.391 e. The maximum Gasteiger partial charge on any atom is 0.227 e. The number of alkyl halides is 1. The van der Waals surface area contributed by atoms with Gasteiger partial charge in [-0.15, -0.1) is 11.6 Å². The van der Waals surface area contributed by atoms with E-state index in [1.807, 2.05) is 6.92 Å². The standard InChI is InChI=1S/C25H33ClO7/c1-14-6-18-17-5-4-16-7-19(28)15(10-27)8-21(16,2)24(17,26)20(29)9-22(18,3)25(14)23(32-13-33-25)11-30-12-31-23/h7,10,14-15,17-18,20,29H,4-6,8-9,11-13H2,1-3H3/t14-,15?,17+,18+,20+,21+,22+,23?,24+,25-/m1/s1. The van der Waals surface area contributed by atoms with Crippen molar-refractivity contribution in [3.63, 3.8) is 0 Å². The zero-order valence-electron chi connectivity index (χ0n) is 19.5. The van der Waals surface area contributed by atoms with E-state index in [4.69, 9.17) is 30.5 Å². The van der Waals surface area contributed by atoms with Crippen LogP contribution in [0.3, 0.4) is 0 Å². The smallest absolute Gasteiger partial charge is 0.227 e. The van der Waals surface area contributed by atoms with Gasteiger partial charge in [-0.25, -0.2) is 0 Å². The van der Waals surface area contributed by atoms with Gasteiger partial charge in [0, 0.05) is 10.8 Å². The number of carbonyl (C=O) groups is 2. The number of ether oxygens (including phenoxy) is 4. The summed E-state index contributed by atoms with van der Waals surface area (Å²) in [5.41, 5.74) is -0.838. The summed E-state index contributed by atoms with van der Waals surface area (Å²) in [6, 6.07) is 0. The summed E-state index contributed by atoms with van der Waals surface area (Å²) in [5.74, 6) is -1.55. The molecule has 2 spiro atoms. The molecular formula is C25H33ClO7. The number of rotatable bonds is 1. The van der Waals surface area contributed by atoms with Crippen molar-refractivity contribution in [1.82, 2.24) is 0 Å². The van der Waals surface area contributed by atoms with Gasteiger partial charge in [0.1, 0.15) is 18.5 Å². The molecule has 6 aliphatic rings. The molecule has 3 saturated carbocycles. The fourth-order valence-corrected chi connectivity index (χ4v) is 9.86. The number of hydrogen-bond acceptors (Lipinski definition) is 7. The van der Waals surface area contributed by atoms with Crippen molar-refractivity contribution in [3.8, 4) is 0 Å². The summed E-state index contributed by atoms with van der Waals surface area (Å²) in [6.07, 6.45) is 4.72. The molecule has 182 valence electrons. The zero-order valence-corrected chi connectivity index (χ0v) is 20.2. The van der Waals surface area contributed by atoms with E-state index >= 15 is 0 Å². The van der Waals surface area contributed by atoms with Crippen LogP contribution in [0.1, 0.15) is 52.9 Å². The predicted molar refractivity (Wildman–Crippen MR) is 117 cm³/mol. The van der Waals surface area contributed by atoms with Crippen LogP contribution in [0, 0.1) is 34.5 Å². The summed E-state index contributed by atoms with van der Waals surface area (Å²) in [6.45, 7) is 7.03. The van der Waals surface area contributed by atoms with Crippen molar-refractivity contribution in [2.75, 3.05) is 20.2 Å². The summed E-state index contributed by atoms with van der Waals surface area (Å²) in [7, 11) is 0. The Balaban J connectivity index is 1.47. The van der Waals surface area contributed by atoms with Crippen LogP contribution in [0.25, 0.3) is 0 Å². The second-order valence-electron chi connectivity index (χ2n) is 11.7. The van der Waals surface area contributed by atoms with Gasteiger partial charge in [-0.2, -0.15) is 0 Å². The van der Waals surface area contributed by atoms with Gasteiger partial charge >= 0.3 is 0 Å². The van der Waals surface area contributed by atoms with Gasteiger partial charge in [-0.1, -0.05) is 26.3 Å². The Bertz CT molecular complexity index is 924. The van der Waals surface area contributed by atoms with Crippen LogP contribution in [0.5, 0.6) is 0 Å². The van der Waals surface area contributed by atoms with Gasteiger partial charge < -0.3 is 28.8 Å². The number of allylic oxidation sites excluding steroid dienone is 1. The quantitative estimate of drug-likeness (QED) is 0.350. The van der Waals surface area contributed by atoms with Crippen molar-refractivity contribution in [2.45, 2.75) is 75.2 Å². The van der Waals surface area contributed by atoms with Crippen molar-refractivity contribution >= 4 is 23.7 Å². The van der Waals surface area contributed by atoms with Crippen LogP contribution in [-0.2, 0) is 28.5 Å². The Morgan fingerprint density at radius 1 is 1.15 bits per heavy atom. The van der Waals surface area contributed by atoms with E-state index in [-0.39, 0.29) is 37.1 Å². The number of halogens is 1. The number of aliphatic hydroxyl groups excluding tert-OH is 1. The van der Waals surface area contributed by atoms with Gasteiger partial charge in [0.05, 0.1) is 16.9 Å². The lowest BCUT2D eigenvalue weighted by atomic mass is 9.44. The van der Waals surface area contributed by atoms with E-state index in [1.54, 1.807) is 6.08 Å². The molecule has 0 aromatic heterocycles. The van der Waals surface area contributed by atoms with E-state index in [1.165, 1.54) is 0 Å². The minimum atomic E-state index is -0.981. The van der Waals surface area contributed by atoms with Gasteiger partial charge in [0.2, 0.25) is 5.79 Å². The highest BCUT2D eigenvalue weighted by molar-refractivity contribution is 6.26. The average Bonchev–Trinajstić information content (AvgIpc) is 3.46. The maximum absolute atomic E-state index is 12.5. The number of fused-ring (bicyclic) bond motifs is 7. The minimum absolute atomic E-state index is 0.000896. The monoisotopic (exact) mass is 480 g/mol. The van der Waals surface area contributed by atoms with Crippen molar-refractivity contribution < 1.29 is 33.6 Å². The molecule has 2 aliphatic heterocycles. The Hall–Kier alpha value is -0.830. The number of ketones is 1. The molecule has 2 heterocycles. The van der Waals surface area contributed by atoms with Gasteiger partial charge in [0.15, 0.2) is 19.4 Å². The van der Waals surface area contributed by atoms with Crippen molar-refractivity contribution in [2.24, 2.45) is 34.5 Å². The predicted octanol–water partition coefficient (Wildman–Crippen LogP) is 2.97. The molecule has 2 unspecified atom stereocenters. The summed E-state index contributed by atoms with van der Waals surface area (Å²) < 4.78 is 24.3. The van der Waals surface area contributed by atoms with E-state index in [0.29, 0.717) is 19.4 Å².